The summed E-state index contributed by atoms with van der Waals surface area (Å²) in [5, 5.41) is 0. The number of aryl methyl sites for hydroxylation is 1. The molecule has 0 saturated heterocycles. The number of nitrogens with zero attached hydrogens (tertiary/aromatic N) is 1. The number of benzene rings is 1. The Kier molecular flexibility index (Phi) is 3.92. The molecule has 0 spiro atoms. The van der Waals surface area contributed by atoms with Crippen molar-refractivity contribution in [3.05, 3.63) is 63.9 Å². The van der Waals surface area contributed by atoms with Gasteiger partial charge in [0.15, 0.2) is 0 Å². The van der Waals surface area contributed by atoms with E-state index in [1.165, 1.54) is 5.56 Å². The molecule has 0 fully saturated rings. The number of rotatable bonds is 3. The van der Waals surface area contributed by atoms with Gasteiger partial charge in [-0.05, 0) is 42.3 Å². The Bertz CT molecular complexity index is 477. The van der Waals surface area contributed by atoms with Crippen LogP contribution >= 0.6 is 15.9 Å². The number of halogens is 1. The number of hydrogen-bond acceptors (Lipinski definition) is 2. The van der Waals surface area contributed by atoms with Crippen LogP contribution < -0.4 is 5.73 Å². The minimum atomic E-state index is -0.0129. The molecule has 0 saturated carbocycles. The molecule has 1 heterocycles. The molecule has 1 aromatic carbocycles. The fourth-order valence-corrected chi connectivity index (χ4v) is 2.47. The van der Waals surface area contributed by atoms with Crippen LogP contribution in [0.2, 0.25) is 0 Å². The summed E-state index contributed by atoms with van der Waals surface area (Å²) in [6.45, 7) is 2.07. The quantitative estimate of drug-likeness (QED) is 0.941. The van der Waals surface area contributed by atoms with Gasteiger partial charge in [-0.2, -0.15) is 0 Å². The lowest BCUT2D eigenvalue weighted by Crippen LogP contribution is -2.14. The molecule has 1 atom stereocenters. The topological polar surface area (TPSA) is 38.9 Å². The molecule has 0 aliphatic carbocycles. The number of aromatic nitrogens is 1. The summed E-state index contributed by atoms with van der Waals surface area (Å²) < 4.78 is 1.07. The summed E-state index contributed by atoms with van der Waals surface area (Å²) in [6.07, 6.45) is 2.56. The summed E-state index contributed by atoms with van der Waals surface area (Å²) in [5.74, 6) is 0. The fourth-order valence-electron chi connectivity index (χ4n) is 1.84. The van der Waals surface area contributed by atoms with E-state index in [-0.39, 0.29) is 6.04 Å². The van der Waals surface area contributed by atoms with Crippen molar-refractivity contribution in [2.45, 2.75) is 19.4 Å². The summed E-state index contributed by atoms with van der Waals surface area (Å²) in [6, 6.07) is 12.2. The van der Waals surface area contributed by atoms with Gasteiger partial charge in [0.2, 0.25) is 0 Å². The molecule has 0 radical (unpaired) electrons. The molecule has 2 aromatic rings. The molecule has 1 aromatic heterocycles. The van der Waals surface area contributed by atoms with E-state index in [4.69, 9.17) is 5.73 Å². The van der Waals surface area contributed by atoms with Crippen LogP contribution in [0.25, 0.3) is 0 Å². The van der Waals surface area contributed by atoms with Crippen molar-refractivity contribution in [3.8, 4) is 0 Å². The maximum Gasteiger partial charge on any atom is 0.0422 e. The Hall–Kier alpha value is -1.19. The van der Waals surface area contributed by atoms with E-state index >= 15 is 0 Å². The van der Waals surface area contributed by atoms with Crippen LogP contribution in [0, 0.1) is 6.92 Å². The van der Waals surface area contributed by atoms with Crippen molar-refractivity contribution in [2.24, 2.45) is 5.73 Å². The van der Waals surface area contributed by atoms with Gasteiger partial charge in [0.1, 0.15) is 0 Å². The first-order valence-electron chi connectivity index (χ1n) is 5.58. The zero-order chi connectivity index (χ0) is 12.3. The van der Waals surface area contributed by atoms with Gasteiger partial charge in [-0.3, -0.25) is 4.98 Å². The normalized spacial score (nSPS) is 12.4. The van der Waals surface area contributed by atoms with Crippen LogP contribution in [0.1, 0.15) is 22.9 Å². The second-order valence-electron chi connectivity index (χ2n) is 4.19. The summed E-state index contributed by atoms with van der Waals surface area (Å²) in [7, 11) is 0. The minimum absolute atomic E-state index is 0.0129. The second kappa shape index (κ2) is 5.43. The lowest BCUT2D eigenvalue weighted by molar-refractivity contribution is 0.705. The molecular weight excluding hydrogens is 276 g/mol. The van der Waals surface area contributed by atoms with Crippen LogP contribution in [0.3, 0.4) is 0 Å². The highest BCUT2D eigenvalue weighted by Gasteiger charge is 2.08. The smallest absolute Gasteiger partial charge is 0.0422 e. The highest BCUT2D eigenvalue weighted by Crippen LogP contribution is 2.21. The molecule has 0 bridgehead atoms. The maximum absolute atomic E-state index is 6.20. The lowest BCUT2D eigenvalue weighted by atomic mass is 10.0. The second-order valence-corrected chi connectivity index (χ2v) is 5.11. The first-order chi connectivity index (χ1) is 8.15. The van der Waals surface area contributed by atoms with Crippen LogP contribution in [0.15, 0.2) is 47.1 Å². The van der Waals surface area contributed by atoms with Crippen molar-refractivity contribution >= 4 is 15.9 Å². The van der Waals surface area contributed by atoms with Crippen LogP contribution in [-0.4, -0.2) is 4.98 Å². The Morgan fingerprint density at radius 3 is 2.76 bits per heavy atom. The molecule has 88 valence electrons. The lowest BCUT2D eigenvalue weighted by Gasteiger charge is -2.13. The fraction of sp³-hybridized carbons (Fsp3) is 0.214. The predicted molar refractivity (Wildman–Crippen MR) is 73.7 cm³/mol. The zero-order valence-corrected chi connectivity index (χ0v) is 11.3. The standard InChI is InChI=1S/C14H15BrN2/c1-10-6-11(8-12(15)7-10)14(16)9-13-4-2-3-5-17-13/h2-8,14H,9,16H2,1H3. The number of nitrogens with two attached hydrogens (primary N) is 1. The summed E-state index contributed by atoms with van der Waals surface area (Å²) in [5.41, 5.74) is 9.58. The van der Waals surface area contributed by atoms with Crippen molar-refractivity contribution < 1.29 is 0 Å². The van der Waals surface area contributed by atoms with Gasteiger partial charge >= 0.3 is 0 Å². The monoisotopic (exact) mass is 290 g/mol. The predicted octanol–water partition coefficient (Wildman–Crippen LogP) is 3.40. The molecule has 2 rings (SSSR count). The van der Waals surface area contributed by atoms with E-state index in [2.05, 4.69) is 46.0 Å². The van der Waals surface area contributed by atoms with E-state index in [0.717, 1.165) is 22.2 Å². The maximum atomic E-state index is 6.20. The van der Waals surface area contributed by atoms with Crippen molar-refractivity contribution in [1.29, 1.82) is 0 Å². The summed E-state index contributed by atoms with van der Waals surface area (Å²) in [4.78, 5) is 4.30. The Morgan fingerprint density at radius 2 is 2.12 bits per heavy atom. The van der Waals surface area contributed by atoms with Gasteiger partial charge in [-0.1, -0.05) is 28.1 Å². The number of hydrogen-bond donors (Lipinski definition) is 1. The van der Waals surface area contributed by atoms with Crippen LogP contribution in [0.4, 0.5) is 0 Å². The van der Waals surface area contributed by atoms with Crippen molar-refractivity contribution in [3.63, 3.8) is 0 Å². The SMILES string of the molecule is Cc1cc(Br)cc(C(N)Cc2ccccn2)c1. The highest BCUT2D eigenvalue weighted by molar-refractivity contribution is 9.10. The Labute approximate surface area is 110 Å². The number of pyridine rings is 1. The van der Waals surface area contributed by atoms with Gasteiger partial charge in [0.05, 0.1) is 0 Å². The third kappa shape index (κ3) is 3.38. The van der Waals surface area contributed by atoms with Crippen molar-refractivity contribution in [1.82, 2.24) is 4.98 Å². The van der Waals surface area contributed by atoms with Gasteiger partial charge < -0.3 is 5.73 Å². The molecule has 2 nitrogen and oxygen atoms in total. The first kappa shape index (κ1) is 12.3. The molecule has 17 heavy (non-hydrogen) atoms. The first-order valence-corrected chi connectivity index (χ1v) is 6.37. The van der Waals surface area contributed by atoms with Crippen LogP contribution in [-0.2, 0) is 6.42 Å². The minimum Gasteiger partial charge on any atom is -0.324 e. The zero-order valence-electron chi connectivity index (χ0n) is 9.73. The largest absolute Gasteiger partial charge is 0.324 e. The third-order valence-electron chi connectivity index (χ3n) is 2.65. The van der Waals surface area contributed by atoms with E-state index in [9.17, 15) is 0 Å². The average molecular weight is 291 g/mol. The molecule has 2 N–H and O–H groups in total. The summed E-state index contributed by atoms with van der Waals surface area (Å²) >= 11 is 3.50. The van der Waals surface area contributed by atoms with Gasteiger partial charge in [-0.25, -0.2) is 0 Å². The van der Waals surface area contributed by atoms with Gasteiger partial charge in [0, 0.05) is 28.8 Å². The molecule has 1 unspecified atom stereocenters. The van der Waals surface area contributed by atoms with Gasteiger partial charge in [-0.15, -0.1) is 0 Å². The van der Waals surface area contributed by atoms with Crippen molar-refractivity contribution in [2.75, 3.05) is 0 Å². The van der Waals surface area contributed by atoms with E-state index in [1.807, 2.05) is 18.2 Å². The van der Waals surface area contributed by atoms with Crippen LogP contribution in [0.5, 0.6) is 0 Å². The van der Waals surface area contributed by atoms with E-state index < -0.39 is 0 Å². The molecule has 0 aliphatic rings. The van der Waals surface area contributed by atoms with E-state index in [1.54, 1.807) is 6.20 Å². The Morgan fingerprint density at radius 1 is 1.29 bits per heavy atom. The average Bonchev–Trinajstić information content (AvgIpc) is 2.29. The third-order valence-corrected chi connectivity index (χ3v) is 3.11. The van der Waals surface area contributed by atoms with E-state index in [0.29, 0.717) is 0 Å². The van der Waals surface area contributed by atoms with Gasteiger partial charge in [0.25, 0.3) is 0 Å². The Balaban J connectivity index is 2.17. The highest BCUT2D eigenvalue weighted by atomic mass is 79.9. The molecule has 3 heteroatoms. The molecule has 0 amide bonds. The molecule has 0 aliphatic heterocycles. The molecular formula is C14H15BrN2.